The second-order valence-corrected chi connectivity index (χ2v) is 9.19. The van der Waals surface area contributed by atoms with E-state index in [1.54, 1.807) is 24.3 Å². The number of carbonyl (C=O) groups excluding carboxylic acids is 3. The van der Waals surface area contributed by atoms with Crippen LogP contribution in [0.1, 0.15) is 59.7 Å². The van der Waals surface area contributed by atoms with Crippen molar-refractivity contribution in [1.29, 1.82) is 0 Å². The minimum atomic E-state index is -2.84. The molecular formula is C25H24F2N2O4. The molecule has 1 spiro atoms. The van der Waals surface area contributed by atoms with E-state index in [0.29, 0.717) is 12.0 Å². The molecule has 5 rings (SSSR count). The number of fused-ring (bicyclic) bond motifs is 1. The second-order valence-electron chi connectivity index (χ2n) is 9.19. The van der Waals surface area contributed by atoms with Crippen molar-refractivity contribution in [3.05, 3.63) is 59.2 Å². The number of aliphatic hydroxyl groups excluding tert-OH is 1. The summed E-state index contributed by atoms with van der Waals surface area (Å²) < 4.78 is 27.1. The Labute approximate surface area is 189 Å². The van der Waals surface area contributed by atoms with Crippen LogP contribution in [0.4, 0.5) is 13.6 Å². The summed E-state index contributed by atoms with van der Waals surface area (Å²) in [6.45, 7) is -0.443. The number of alkyl halides is 2. The molecule has 2 aromatic carbocycles. The summed E-state index contributed by atoms with van der Waals surface area (Å²) in [7, 11) is 0. The molecule has 0 bridgehead atoms. The standard InChI is InChI=1S/C25H24F2N2O4/c26-25(27)12-10-24(11-13-25)22(32)29(23(33)28-24)14-20(31)16-6-4-15(5-7-16)18-3-1-2-17-8-9-19(30)21(17)18/h1-7,19,30H,8-14H2,(H,28,33). The third-order valence-electron chi connectivity index (χ3n) is 7.12. The molecule has 1 saturated heterocycles. The molecule has 2 N–H and O–H groups in total. The zero-order valence-electron chi connectivity index (χ0n) is 17.9. The molecule has 1 saturated carbocycles. The highest BCUT2D eigenvalue weighted by Gasteiger charge is 2.55. The maximum absolute atomic E-state index is 13.5. The molecule has 1 aliphatic heterocycles. The number of aryl methyl sites for hydroxylation is 1. The van der Waals surface area contributed by atoms with Crippen LogP contribution in [0, 0.1) is 0 Å². The predicted octanol–water partition coefficient (Wildman–Crippen LogP) is 4.02. The van der Waals surface area contributed by atoms with Crippen LogP contribution in [0.5, 0.6) is 0 Å². The number of rotatable bonds is 4. The van der Waals surface area contributed by atoms with Crippen molar-refractivity contribution < 1.29 is 28.3 Å². The fraction of sp³-hybridized carbons (Fsp3) is 0.400. The van der Waals surface area contributed by atoms with E-state index in [1.807, 2.05) is 18.2 Å². The van der Waals surface area contributed by atoms with Crippen LogP contribution < -0.4 is 5.32 Å². The average molecular weight is 454 g/mol. The van der Waals surface area contributed by atoms with E-state index in [1.165, 1.54) is 0 Å². The Balaban J connectivity index is 1.31. The SMILES string of the molecule is O=C(CN1C(=O)NC2(CCC(F)(F)CC2)C1=O)c1ccc(-c2cccc3c2C(O)CC3)cc1. The third kappa shape index (κ3) is 3.72. The fourth-order valence-electron chi connectivity index (χ4n) is 5.18. The van der Waals surface area contributed by atoms with Crippen molar-refractivity contribution in [2.24, 2.45) is 0 Å². The summed E-state index contributed by atoms with van der Waals surface area (Å²) in [5.74, 6) is -3.86. The Hall–Kier alpha value is -3.13. The van der Waals surface area contributed by atoms with Gasteiger partial charge in [-0.1, -0.05) is 42.5 Å². The van der Waals surface area contributed by atoms with E-state index in [4.69, 9.17) is 0 Å². The number of nitrogens with one attached hydrogen (secondary N) is 1. The van der Waals surface area contributed by atoms with Crippen molar-refractivity contribution in [3.63, 3.8) is 0 Å². The summed E-state index contributed by atoms with van der Waals surface area (Å²) >= 11 is 0. The van der Waals surface area contributed by atoms with Gasteiger partial charge in [0.1, 0.15) is 5.54 Å². The van der Waals surface area contributed by atoms with E-state index in [2.05, 4.69) is 5.32 Å². The highest BCUT2D eigenvalue weighted by atomic mass is 19.3. The van der Waals surface area contributed by atoms with Crippen LogP contribution in [0.15, 0.2) is 42.5 Å². The quantitative estimate of drug-likeness (QED) is 0.540. The number of carbonyl (C=O) groups is 3. The van der Waals surface area contributed by atoms with Crippen molar-refractivity contribution in [1.82, 2.24) is 10.2 Å². The first-order valence-electron chi connectivity index (χ1n) is 11.1. The molecule has 1 heterocycles. The first kappa shape index (κ1) is 21.7. The lowest BCUT2D eigenvalue weighted by atomic mass is 9.80. The Morgan fingerprint density at radius 1 is 1.06 bits per heavy atom. The van der Waals surface area contributed by atoms with E-state index in [-0.39, 0.29) is 12.8 Å². The Morgan fingerprint density at radius 3 is 2.45 bits per heavy atom. The van der Waals surface area contributed by atoms with Gasteiger partial charge in [0.15, 0.2) is 5.78 Å². The van der Waals surface area contributed by atoms with E-state index < -0.39 is 54.7 Å². The topological polar surface area (TPSA) is 86.7 Å². The molecule has 33 heavy (non-hydrogen) atoms. The minimum absolute atomic E-state index is 0.142. The van der Waals surface area contributed by atoms with Crippen molar-refractivity contribution >= 4 is 17.7 Å². The van der Waals surface area contributed by atoms with Gasteiger partial charge in [-0.25, -0.2) is 13.6 Å². The minimum Gasteiger partial charge on any atom is -0.388 e. The van der Waals surface area contributed by atoms with E-state index >= 15 is 0 Å². The summed E-state index contributed by atoms with van der Waals surface area (Å²) in [5.41, 5.74) is 2.82. The molecule has 8 heteroatoms. The van der Waals surface area contributed by atoms with Crippen LogP contribution in [0.3, 0.4) is 0 Å². The molecule has 2 aliphatic carbocycles. The lowest BCUT2D eigenvalue weighted by Gasteiger charge is -2.34. The number of halogens is 2. The maximum atomic E-state index is 13.5. The Morgan fingerprint density at radius 2 is 1.76 bits per heavy atom. The number of urea groups is 1. The number of aliphatic hydroxyl groups is 1. The molecule has 3 aliphatic rings. The fourth-order valence-corrected chi connectivity index (χ4v) is 5.18. The van der Waals surface area contributed by atoms with Crippen LogP contribution in [-0.2, 0) is 11.2 Å². The van der Waals surface area contributed by atoms with Gasteiger partial charge in [-0.05, 0) is 47.9 Å². The Bertz CT molecular complexity index is 1140. The normalized spacial score (nSPS) is 23.0. The van der Waals surface area contributed by atoms with Gasteiger partial charge in [0.2, 0.25) is 5.92 Å². The number of nitrogens with zero attached hydrogens (tertiary/aromatic N) is 1. The van der Waals surface area contributed by atoms with Crippen molar-refractivity contribution in [3.8, 4) is 11.1 Å². The number of Topliss-reactive ketones (excluding diaryl/α,β-unsaturated/α-hetero) is 1. The van der Waals surface area contributed by atoms with Gasteiger partial charge >= 0.3 is 6.03 Å². The number of imide groups is 1. The molecule has 0 aromatic heterocycles. The maximum Gasteiger partial charge on any atom is 0.325 e. The molecule has 3 amide bonds. The third-order valence-corrected chi connectivity index (χ3v) is 7.12. The van der Waals surface area contributed by atoms with Crippen LogP contribution in [0.25, 0.3) is 11.1 Å². The molecule has 1 atom stereocenters. The van der Waals surface area contributed by atoms with Gasteiger partial charge in [-0.3, -0.25) is 14.5 Å². The van der Waals surface area contributed by atoms with Gasteiger partial charge in [-0.2, -0.15) is 0 Å². The molecule has 1 unspecified atom stereocenters. The predicted molar refractivity (Wildman–Crippen MR) is 116 cm³/mol. The number of hydrogen-bond donors (Lipinski definition) is 2. The molecule has 6 nitrogen and oxygen atoms in total. The van der Waals surface area contributed by atoms with E-state index in [9.17, 15) is 28.3 Å². The van der Waals surface area contributed by atoms with Gasteiger partial charge < -0.3 is 10.4 Å². The lowest BCUT2D eigenvalue weighted by Crippen LogP contribution is -2.51. The van der Waals surface area contributed by atoms with Crippen LogP contribution in [-0.4, -0.2) is 45.7 Å². The number of ketones is 1. The molecule has 172 valence electrons. The highest BCUT2D eigenvalue weighted by Crippen LogP contribution is 2.41. The summed E-state index contributed by atoms with van der Waals surface area (Å²) in [5, 5.41) is 12.9. The largest absolute Gasteiger partial charge is 0.388 e. The lowest BCUT2D eigenvalue weighted by molar-refractivity contribution is -0.135. The van der Waals surface area contributed by atoms with Gasteiger partial charge in [0.25, 0.3) is 5.91 Å². The monoisotopic (exact) mass is 454 g/mol. The summed E-state index contributed by atoms with van der Waals surface area (Å²) in [4.78, 5) is 38.9. The first-order chi connectivity index (χ1) is 15.7. The smallest absolute Gasteiger partial charge is 0.325 e. The molecule has 2 fully saturated rings. The van der Waals surface area contributed by atoms with Crippen molar-refractivity contribution in [2.75, 3.05) is 6.54 Å². The van der Waals surface area contributed by atoms with Crippen molar-refractivity contribution in [2.45, 2.75) is 56.1 Å². The van der Waals surface area contributed by atoms with Gasteiger partial charge in [-0.15, -0.1) is 0 Å². The highest BCUT2D eigenvalue weighted by molar-refractivity contribution is 6.11. The average Bonchev–Trinajstić information content (AvgIpc) is 3.29. The van der Waals surface area contributed by atoms with E-state index in [0.717, 1.165) is 33.6 Å². The van der Waals surface area contributed by atoms with Crippen LogP contribution in [0.2, 0.25) is 0 Å². The zero-order valence-corrected chi connectivity index (χ0v) is 17.9. The molecular weight excluding hydrogens is 430 g/mol. The van der Waals surface area contributed by atoms with Gasteiger partial charge in [0.05, 0.1) is 12.6 Å². The first-order valence-corrected chi connectivity index (χ1v) is 11.1. The second kappa shape index (κ2) is 7.73. The Kier molecular flexibility index (Phi) is 5.08. The molecule has 2 aromatic rings. The zero-order chi connectivity index (χ0) is 23.4. The molecule has 0 radical (unpaired) electrons. The number of benzene rings is 2. The summed E-state index contributed by atoms with van der Waals surface area (Å²) in [6.07, 6.45) is -0.224. The summed E-state index contributed by atoms with van der Waals surface area (Å²) in [6, 6.07) is 12.0. The van der Waals surface area contributed by atoms with Crippen LogP contribution >= 0.6 is 0 Å². The van der Waals surface area contributed by atoms with Gasteiger partial charge in [0, 0.05) is 18.4 Å². The number of amides is 3. The number of hydrogen-bond acceptors (Lipinski definition) is 4.